The molecule has 6 heteroatoms. The highest BCUT2D eigenvalue weighted by molar-refractivity contribution is 5.85. The Balaban J connectivity index is 0.000000980. The van der Waals surface area contributed by atoms with Gasteiger partial charge in [-0.1, -0.05) is 0 Å². The Bertz CT molecular complexity index is 477. The van der Waals surface area contributed by atoms with Gasteiger partial charge in [-0.3, -0.25) is 4.79 Å². The summed E-state index contributed by atoms with van der Waals surface area (Å²) in [7, 11) is 0. The van der Waals surface area contributed by atoms with Gasteiger partial charge in [0, 0.05) is 6.07 Å². The molecule has 2 aromatic rings. The van der Waals surface area contributed by atoms with Crippen molar-refractivity contribution < 1.29 is 4.74 Å². The minimum atomic E-state index is -0.184. The van der Waals surface area contributed by atoms with Crippen molar-refractivity contribution in [3.63, 3.8) is 0 Å². The second-order valence-corrected chi connectivity index (χ2v) is 2.56. The van der Waals surface area contributed by atoms with Crippen molar-refractivity contribution in [2.45, 2.75) is 6.92 Å². The van der Waals surface area contributed by atoms with Gasteiger partial charge in [-0.25, -0.2) is 4.98 Å². The van der Waals surface area contributed by atoms with Crippen LogP contribution in [0.15, 0.2) is 17.2 Å². The van der Waals surface area contributed by atoms with Gasteiger partial charge in [-0.05, 0) is 6.92 Å². The summed E-state index contributed by atoms with van der Waals surface area (Å²) in [5.41, 5.74) is 0.883. The van der Waals surface area contributed by atoms with Crippen LogP contribution in [0.5, 0.6) is 5.88 Å². The van der Waals surface area contributed by atoms with E-state index in [0.29, 0.717) is 23.5 Å². The van der Waals surface area contributed by atoms with Crippen LogP contribution in [0.1, 0.15) is 6.92 Å². The van der Waals surface area contributed by atoms with Gasteiger partial charge in [0.1, 0.15) is 5.52 Å². The van der Waals surface area contributed by atoms with Crippen molar-refractivity contribution in [1.82, 2.24) is 15.0 Å². The molecule has 2 rings (SSSR count). The lowest BCUT2D eigenvalue weighted by Gasteiger charge is -1.94. The molecule has 0 bridgehead atoms. The molecule has 0 aromatic carbocycles. The number of fused-ring (bicyclic) bond motifs is 1. The maximum Gasteiger partial charge on any atom is 0.275 e. The first-order chi connectivity index (χ1) is 6.31. The summed E-state index contributed by atoms with van der Waals surface area (Å²) in [4.78, 5) is 20.5. The number of rotatable bonds is 2. The van der Waals surface area contributed by atoms with Gasteiger partial charge < -0.3 is 14.7 Å². The van der Waals surface area contributed by atoms with E-state index in [-0.39, 0.29) is 18.0 Å². The molecule has 0 fully saturated rings. The van der Waals surface area contributed by atoms with E-state index >= 15 is 0 Å². The number of hydrogen-bond donors (Lipinski definition) is 2. The predicted molar refractivity (Wildman–Crippen MR) is 55.1 cm³/mol. The van der Waals surface area contributed by atoms with Crippen LogP contribution in [-0.4, -0.2) is 21.6 Å². The topological polar surface area (TPSA) is 70.8 Å². The van der Waals surface area contributed by atoms with Crippen LogP contribution in [0.2, 0.25) is 0 Å². The molecule has 0 saturated carbocycles. The molecule has 0 amide bonds. The van der Waals surface area contributed by atoms with Crippen molar-refractivity contribution in [2.75, 3.05) is 6.61 Å². The Morgan fingerprint density at radius 3 is 3.00 bits per heavy atom. The molecular formula is C8H10ClN3O2. The summed E-state index contributed by atoms with van der Waals surface area (Å²) >= 11 is 0. The molecule has 2 heterocycles. The third-order valence-corrected chi connectivity index (χ3v) is 1.70. The first-order valence-electron chi connectivity index (χ1n) is 4.00. The van der Waals surface area contributed by atoms with Crippen LogP contribution in [-0.2, 0) is 0 Å². The lowest BCUT2D eigenvalue weighted by Crippen LogP contribution is -2.05. The Kier molecular flexibility index (Phi) is 3.14. The zero-order valence-corrected chi connectivity index (χ0v) is 8.35. The highest BCUT2D eigenvalue weighted by Crippen LogP contribution is 2.14. The zero-order valence-electron chi connectivity index (χ0n) is 7.53. The molecule has 0 atom stereocenters. The Morgan fingerprint density at radius 1 is 1.57 bits per heavy atom. The maximum absolute atomic E-state index is 11.2. The number of aromatic nitrogens is 3. The number of aromatic amines is 2. The molecule has 0 unspecified atom stereocenters. The highest BCUT2D eigenvalue weighted by atomic mass is 35.5. The first-order valence-corrected chi connectivity index (χ1v) is 4.00. The van der Waals surface area contributed by atoms with Gasteiger partial charge in [-0.2, -0.15) is 0 Å². The summed E-state index contributed by atoms with van der Waals surface area (Å²) in [5, 5.41) is 0. The van der Waals surface area contributed by atoms with E-state index in [2.05, 4.69) is 15.0 Å². The quantitative estimate of drug-likeness (QED) is 0.787. The number of nitrogens with one attached hydrogen (secondary N) is 2. The largest absolute Gasteiger partial charge is 0.479 e. The summed E-state index contributed by atoms with van der Waals surface area (Å²) in [5.74, 6) is 0.571. The van der Waals surface area contributed by atoms with E-state index in [1.54, 1.807) is 6.07 Å². The van der Waals surface area contributed by atoms with Crippen LogP contribution < -0.4 is 10.3 Å². The minimum absolute atomic E-state index is 0. The van der Waals surface area contributed by atoms with Gasteiger partial charge in [-0.15, -0.1) is 12.4 Å². The summed E-state index contributed by atoms with van der Waals surface area (Å²) in [6.07, 6.45) is 1.37. The van der Waals surface area contributed by atoms with Crippen molar-refractivity contribution in [3.05, 3.63) is 22.7 Å². The molecule has 5 nitrogen and oxygen atoms in total. The summed E-state index contributed by atoms with van der Waals surface area (Å²) < 4.78 is 5.20. The Labute approximate surface area is 85.9 Å². The smallest absolute Gasteiger partial charge is 0.275 e. The molecule has 0 aliphatic rings. The van der Waals surface area contributed by atoms with Crippen LogP contribution in [0.3, 0.4) is 0 Å². The SMILES string of the molecule is CCOc1cc2nc[nH]c(=O)c2[nH]1.Cl. The molecule has 0 spiro atoms. The lowest BCUT2D eigenvalue weighted by molar-refractivity contribution is 0.329. The van der Waals surface area contributed by atoms with Gasteiger partial charge in [0.2, 0.25) is 0 Å². The average Bonchev–Trinajstić information content (AvgIpc) is 2.49. The molecule has 0 aliphatic heterocycles. The Morgan fingerprint density at radius 2 is 2.36 bits per heavy atom. The van der Waals surface area contributed by atoms with Gasteiger partial charge >= 0.3 is 0 Å². The van der Waals surface area contributed by atoms with Gasteiger partial charge in [0.25, 0.3) is 5.56 Å². The second kappa shape index (κ2) is 4.15. The third-order valence-electron chi connectivity index (χ3n) is 1.70. The van der Waals surface area contributed by atoms with Crippen LogP contribution in [0, 0.1) is 0 Å². The molecule has 76 valence electrons. The van der Waals surface area contributed by atoms with Crippen LogP contribution >= 0.6 is 12.4 Å². The molecule has 0 saturated heterocycles. The second-order valence-electron chi connectivity index (χ2n) is 2.56. The van der Waals surface area contributed by atoms with E-state index in [1.807, 2.05) is 6.92 Å². The molecular weight excluding hydrogens is 206 g/mol. The van der Waals surface area contributed by atoms with E-state index in [1.165, 1.54) is 6.33 Å². The van der Waals surface area contributed by atoms with Crippen molar-refractivity contribution in [2.24, 2.45) is 0 Å². The average molecular weight is 216 g/mol. The fourth-order valence-electron chi connectivity index (χ4n) is 1.16. The van der Waals surface area contributed by atoms with E-state index < -0.39 is 0 Å². The molecule has 0 aliphatic carbocycles. The third kappa shape index (κ3) is 1.72. The molecule has 0 radical (unpaired) electrons. The van der Waals surface area contributed by atoms with Crippen molar-refractivity contribution in [1.29, 1.82) is 0 Å². The summed E-state index contributed by atoms with van der Waals surface area (Å²) in [6, 6.07) is 1.70. The fraction of sp³-hybridized carbons (Fsp3) is 0.250. The predicted octanol–water partition coefficient (Wildman–Crippen LogP) is 1.07. The summed E-state index contributed by atoms with van der Waals surface area (Å²) in [6.45, 7) is 2.44. The minimum Gasteiger partial charge on any atom is -0.479 e. The van der Waals surface area contributed by atoms with Crippen LogP contribution in [0.25, 0.3) is 11.0 Å². The van der Waals surface area contributed by atoms with E-state index in [4.69, 9.17) is 4.74 Å². The van der Waals surface area contributed by atoms with E-state index in [0.717, 1.165) is 0 Å². The fourth-order valence-corrected chi connectivity index (χ4v) is 1.16. The van der Waals surface area contributed by atoms with Gasteiger partial charge in [0.15, 0.2) is 5.88 Å². The molecule has 2 aromatic heterocycles. The number of nitrogens with zero attached hydrogens (tertiary/aromatic N) is 1. The highest BCUT2D eigenvalue weighted by Gasteiger charge is 2.04. The Hall–Kier alpha value is -1.49. The van der Waals surface area contributed by atoms with E-state index in [9.17, 15) is 4.79 Å². The molecule has 2 N–H and O–H groups in total. The first kappa shape index (κ1) is 10.6. The molecule has 14 heavy (non-hydrogen) atoms. The number of ether oxygens (including phenoxy) is 1. The normalized spacial score (nSPS) is 9.79. The number of H-pyrrole nitrogens is 2. The van der Waals surface area contributed by atoms with Crippen LogP contribution in [0.4, 0.5) is 0 Å². The zero-order chi connectivity index (χ0) is 9.26. The monoisotopic (exact) mass is 215 g/mol. The lowest BCUT2D eigenvalue weighted by atomic mass is 10.5. The number of halogens is 1. The van der Waals surface area contributed by atoms with Crippen molar-refractivity contribution >= 4 is 23.4 Å². The van der Waals surface area contributed by atoms with Crippen molar-refractivity contribution in [3.8, 4) is 5.88 Å². The van der Waals surface area contributed by atoms with Gasteiger partial charge in [0.05, 0.1) is 18.5 Å². The number of hydrogen-bond acceptors (Lipinski definition) is 3. The standard InChI is InChI=1S/C8H9N3O2.ClH/c1-2-13-6-3-5-7(11-6)8(12)10-4-9-5;/h3-4,11H,2H2,1H3,(H,9,10,12);1H. The maximum atomic E-state index is 11.2.